The number of nitrogens with one attached hydrogen (secondary N) is 1. The van der Waals surface area contributed by atoms with Gasteiger partial charge in [-0.15, -0.1) is 11.3 Å². The van der Waals surface area contributed by atoms with Crippen LogP contribution in [0.3, 0.4) is 0 Å². The molecule has 0 unspecified atom stereocenters. The van der Waals surface area contributed by atoms with E-state index in [2.05, 4.69) is 10.3 Å². The SMILES string of the molecule is CCN(CC)C(=O)CSc1nc2ccc(NC(=O)CCn3c(=O)oc4ccccc43)cc2s1. The van der Waals surface area contributed by atoms with Gasteiger partial charge in [-0.2, -0.15) is 0 Å². The van der Waals surface area contributed by atoms with Crippen molar-refractivity contribution in [3.05, 3.63) is 53.0 Å². The molecule has 4 rings (SSSR count). The third kappa shape index (κ3) is 5.28. The quantitative estimate of drug-likeness (QED) is 0.358. The second kappa shape index (κ2) is 10.2. The van der Waals surface area contributed by atoms with Gasteiger partial charge in [0.2, 0.25) is 11.8 Å². The molecule has 0 aliphatic carbocycles. The summed E-state index contributed by atoms with van der Waals surface area (Å²) in [6.07, 6.45) is 0.138. The number of amides is 2. The predicted octanol–water partition coefficient (Wildman–Crippen LogP) is 4.19. The van der Waals surface area contributed by atoms with E-state index in [0.717, 1.165) is 14.6 Å². The van der Waals surface area contributed by atoms with Gasteiger partial charge in [0.1, 0.15) is 0 Å². The van der Waals surface area contributed by atoms with Gasteiger partial charge in [0.05, 0.1) is 21.5 Å². The van der Waals surface area contributed by atoms with E-state index in [9.17, 15) is 14.4 Å². The summed E-state index contributed by atoms with van der Waals surface area (Å²) in [5.74, 6) is -0.218. The highest BCUT2D eigenvalue weighted by molar-refractivity contribution is 8.01. The monoisotopic (exact) mass is 484 g/mol. The lowest BCUT2D eigenvalue weighted by Gasteiger charge is -2.17. The molecule has 2 heterocycles. The Bertz CT molecular complexity index is 1350. The van der Waals surface area contributed by atoms with Crippen molar-refractivity contribution in [1.82, 2.24) is 14.5 Å². The van der Waals surface area contributed by atoms with Gasteiger partial charge in [-0.25, -0.2) is 9.78 Å². The normalized spacial score (nSPS) is 11.2. The van der Waals surface area contributed by atoms with Gasteiger partial charge < -0.3 is 14.6 Å². The zero-order valence-electron chi connectivity index (χ0n) is 18.4. The van der Waals surface area contributed by atoms with Crippen LogP contribution in [0.2, 0.25) is 0 Å². The fraction of sp³-hybridized carbons (Fsp3) is 0.304. The predicted molar refractivity (Wildman–Crippen MR) is 132 cm³/mol. The number of aromatic nitrogens is 2. The van der Waals surface area contributed by atoms with Gasteiger partial charge >= 0.3 is 5.76 Å². The van der Waals surface area contributed by atoms with Gasteiger partial charge in [-0.05, 0) is 44.2 Å². The lowest BCUT2D eigenvalue weighted by Crippen LogP contribution is -2.31. The number of carbonyl (C=O) groups excluding carboxylic acids is 2. The van der Waals surface area contributed by atoms with Crippen molar-refractivity contribution in [2.24, 2.45) is 0 Å². The summed E-state index contributed by atoms with van der Waals surface area (Å²) in [6.45, 7) is 5.56. The summed E-state index contributed by atoms with van der Waals surface area (Å²) in [5, 5.41) is 2.88. The Labute approximate surface area is 198 Å². The molecule has 33 heavy (non-hydrogen) atoms. The maximum atomic E-state index is 12.5. The first-order valence-corrected chi connectivity index (χ1v) is 12.5. The van der Waals surface area contributed by atoms with Gasteiger partial charge in [-0.3, -0.25) is 14.2 Å². The number of thioether (sulfide) groups is 1. The van der Waals surface area contributed by atoms with Crippen molar-refractivity contribution in [1.29, 1.82) is 0 Å². The number of aryl methyl sites for hydroxylation is 1. The van der Waals surface area contributed by atoms with Crippen LogP contribution >= 0.6 is 23.1 Å². The Hall–Kier alpha value is -3.11. The average molecular weight is 485 g/mol. The van der Waals surface area contributed by atoms with Gasteiger partial charge in [0, 0.05) is 31.7 Å². The van der Waals surface area contributed by atoms with Gasteiger partial charge in [0.15, 0.2) is 9.92 Å². The topological polar surface area (TPSA) is 97.4 Å². The number of carbonyl (C=O) groups is 2. The molecule has 0 spiro atoms. The molecule has 0 radical (unpaired) electrons. The van der Waals surface area contributed by atoms with Crippen LogP contribution in [0.1, 0.15) is 20.3 Å². The van der Waals surface area contributed by atoms with E-state index >= 15 is 0 Å². The molecule has 1 N–H and O–H groups in total. The van der Waals surface area contributed by atoms with Crippen molar-refractivity contribution < 1.29 is 14.0 Å². The summed E-state index contributed by atoms with van der Waals surface area (Å²) in [4.78, 5) is 43.1. The Morgan fingerprint density at radius 1 is 1.18 bits per heavy atom. The van der Waals surface area contributed by atoms with Crippen molar-refractivity contribution in [3.8, 4) is 0 Å². The average Bonchev–Trinajstić information content (AvgIpc) is 3.36. The molecule has 0 saturated carbocycles. The van der Waals surface area contributed by atoms with Crippen LogP contribution in [-0.2, 0) is 16.1 Å². The molecule has 172 valence electrons. The van der Waals surface area contributed by atoms with Gasteiger partial charge in [-0.1, -0.05) is 23.9 Å². The molecule has 2 aromatic carbocycles. The number of benzene rings is 2. The van der Waals surface area contributed by atoms with Crippen molar-refractivity contribution in [2.75, 3.05) is 24.2 Å². The third-order valence-corrected chi connectivity index (χ3v) is 7.37. The van der Waals surface area contributed by atoms with E-state index in [1.165, 1.54) is 27.7 Å². The molecule has 0 atom stereocenters. The van der Waals surface area contributed by atoms with Crippen LogP contribution in [0.5, 0.6) is 0 Å². The number of rotatable bonds is 9. The number of thiazole rings is 1. The van der Waals surface area contributed by atoms with Crippen LogP contribution < -0.4 is 11.1 Å². The highest BCUT2D eigenvalue weighted by Gasteiger charge is 2.14. The van der Waals surface area contributed by atoms with E-state index in [1.807, 2.05) is 32.0 Å². The second-order valence-corrected chi connectivity index (χ2v) is 9.56. The van der Waals surface area contributed by atoms with Crippen molar-refractivity contribution in [3.63, 3.8) is 0 Å². The number of hydrogen-bond donors (Lipinski definition) is 1. The Morgan fingerprint density at radius 3 is 2.76 bits per heavy atom. The highest BCUT2D eigenvalue weighted by Crippen LogP contribution is 2.31. The second-order valence-electron chi connectivity index (χ2n) is 7.30. The minimum atomic E-state index is -0.473. The Kier molecular flexibility index (Phi) is 7.14. The van der Waals surface area contributed by atoms with Crippen molar-refractivity contribution in [2.45, 2.75) is 31.2 Å². The minimum Gasteiger partial charge on any atom is -0.408 e. The molecule has 8 nitrogen and oxygen atoms in total. The van der Waals surface area contributed by atoms with E-state index in [4.69, 9.17) is 4.42 Å². The smallest absolute Gasteiger partial charge is 0.408 e. The molecule has 2 aromatic heterocycles. The molecule has 0 saturated heterocycles. The van der Waals surface area contributed by atoms with E-state index < -0.39 is 5.76 Å². The fourth-order valence-corrected chi connectivity index (χ4v) is 5.51. The summed E-state index contributed by atoms with van der Waals surface area (Å²) >= 11 is 2.92. The molecule has 0 fully saturated rings. The van der Waals surface area contributed by atoms with E-state index in [0.29, 0.717) is 35.6 Å². The molecule has 0 aliphatic rings. The number of nitrogens with zero attached hydrogens (tertiary/aromatic N) is 3. The summed E-state index contributed by atoms with van der Waals surface area (Å²) in [7, 11) is 0. The number of hydrogen-bond acceptors (Lipinski definition) is 7. The number of para-hydroxylation sites is 2. The molecule has 2 amide bonds. The lowest BCUT2D eigenvalue weighted by atomic mass is 10.3. The van der Waals surface area contributed by atoms with E-state index in [-0.39, 0.29) is 24.8 Å². The Morgan fingerprint density at radius 2 is 1.97 bits per heavy atom. The molecule has 0 aliphatic heterocycles. The maximum Gasteiger partial charge on any atom is 0.419 e. The summed E-state index contributed by atoms with van der Waals surface area (Å²) in [6, 6.07) is 12.7. The summed E-state index contributed by atoms with van der Waals surface area (Å²) < 4.78 is 8.42. The van der Waals surface area contributed by atoms with Crippen LogP contribution in [0.15, 0.2) is 56.0 Å². The molecule has 0 bridgehead atoms. The largest absolute Gasteiger partial charge is 0.419 e. The lowest BCUT2D eigenvalue weighted by molar-refractivity contribution is -0.128. The minimum absolute atomic E-state index is 0.0988. The standard InChI is InChI=1S/C23H24N4O4S2/c1-3-26(4-2)21(29)14-32-22-25-16-10-9-15(13-19(16)33-22)24-20(28)11-12-27-17-7-5-6-8-18(17)31-23(27)30/h5-10,13H,3-4,11-12,14H2,1-2H3,(H,24,28). The number of fused-ring (bicyclic) bond motifs is 2. The zero-order chi connectivity index (χ0) is 23.4. The molecular formula is C23H24N4O4S2. The first-order chi connectivity index (χ1) is 16.0. The third-order valence-electron chi connectivity index (χ3n) is 5.22. The fourth-order valence-electron chi connectivity index (χ4n) is 3.50. The first kappa shape index (κ1) is 23.1. The van der Waals surface area contributed by atoms with Crippen molar-refractivity contribution >= 4 is 61.9 Å². The molecule has 4 aromatic rings. The van der Waals surface area contributed by atoms with Crippen LogP contribution in [0.25, 0.3) is 21.3 Å². The zero-order valence-corrected chi connectivity index (χ0v) is 20.0. The Balaban J connectivity index is 1.37. The number of anilines is 1. The van der Waals surface area contributed by atoms with Gasteiger partial charge in [0.25, 0.3) is 0 Å². The van der Waals surface area contributed by atoms with E-state index in [1.54, 1.807) is 29.2 Å². The van der Waals surface area contributed by atoms with Crippen LogP contribution in [-0.4, -0.2) is 45.1 Å². The maximum absolute atomic E-state index is 12.5. The highest BCUT2D eigenvalue weighted by atomic mass is 32.2. The number of oxazole rings is 1. The first-order valence-electron chi connectivity index (χ1n) is 10.7. The molecule has 10 heteroatoms. The van der Waals surface area contributed by atoms with Crippen LogP contribution in [0.4, 0.5) is 5.69 Å². The molecular weight excluding hydrogens is 460 g/mol. The van der Waals surface area contributed by atoms with Crippen LogP contribution in [0, 0.1) is 0 Å². The summed E-state index contributed by atoms with van der Waals surface area (Å²) in [5.41, 5.74) is 2.67.